The van der Waals surface area contributed by atoms with Crippen molar-refractivity contribution in [3.05, 3.63) is 47.9 Å². The van der Waals surface area contributed by atoms with Gasteiger partial charge in [0.15, 0.2) is 5.69 Å². The molecular formula is C13H13FN4O. The number of rotatable bonds is 3. The van der Waals surface area contributed by atoms with Gasteiger partial charge in [-0.15, -0.1) is 10.2 Å². The van der Waals surface area contributed by atoms with Gasteiger partial charge in [-0.3, -0.25) is 4.79 Å². The summed E-state index contributed by atoms with van der Waals surface area (Å²) in [6.07, 6.45) is 0. The fraction of sp³-hybridized carbons (Fsp3) is 0.154. The molecule has 0 aliphatic carbocycles. The van der Waals surface area contributed by atoms with Crippen LogP contribution in [0.25, 0.3) is 0 Å². The molecule has 2 N–H and O–H groups in total. The summed E-state index contributed by atoms with van der Waals surface area (Å²) in [4.78, 5) is 13.7. The predicted octanol–water partition coefficient (Wildman–Crippen LogP) is 1.86. The summed E-state index contributed by atoms with van der Waals surface area (Å²) in [7, 11) is 0. The molecule has 1 amide bonds. The molecule has 0 fully saturated rings. The molecular weight excluding hydrogens is 247 g/mol. The van der Waals surface area contributed by atoms with Crippen molar-refractivity contribution in [2.75, 3.05) is 17.2 Å². The Morgan fingerprint density at radius 1 is 1.32 bits per heavy atom. The van der Waals surface area contributed by atoms with Crippen molar-refractivity contribution in [2.24, 2.45) is 0 Å². The van der Waals surface area contributed by atoms with Gasteiger partial charge in [-0.05, 0) is 37.3 Å². The normalized spacial score (nSPS) is 10.2. The first-order valence-electron chi connectivity index (χ1n) is 5.78. The predicted molar refractivity (Wildman–Crippen MR) is 70.2 cm³/mol. The Morgan fingerprint density at radius 2 is 2.11 bits per heavy atom. The van der Waals surface area contributed by atoms with Crippen LogP contribution in [0.2, 0.25) is 0 Å². The van der Waals surface area contributed by atoms with Crippen molar-refractivity contribution in [1.82, 2.24) is 10.2 Å². The lowest BCUT2D eigenvalue weighted by Gasteiger charge is -2.20. The minimum absolute atomic E-state index is 0.167. The van der Waals surface area contributed by atoms with E-state index in [9.17, 15) is 9.18 Å². The Kier molecular flexibility index (Phi) is 3.70. The first-order valence-corrected chi connectivity index (χ1v) is 5.78. The average molecular weight is 260 g/mol. The maximum atomic E-state index is 13.2. The van der Waals surface area contributed by atoms with E-state index in [4.69, 9.17) is 5.73 Å². The topological polar surface area (TPSA) is 72.1 Å². The molecule has 0 aliphatic heterocycles. The van der Waals surface area contributed by atoms with Crippen LogP contribution >= 0.6 is 0 Å². The molecule has 1 aromatic heterocycles. The Balaban J connectivity index is 2.31. The second-order valence-corrected chi connectivity index (χ2v) is 3.87. The van der Waals surface area contributed by atoms with Gasteiger partial charge in [0, 0.05) is 12.2 Å². The van der Waals surface area contributed by atoms with Crippen molar-refractivity contribution in [3.63, 3.8) is 0 Å². The van der Waals surface area contributed by atoms with E-state index >= 15 is 0 Å². The maximum absolute atomic E-state index is 13.2. The van der Waals surface area contributed by atoms with Crippen LogP contribution < -0.4 is 10.6 Å². The van der Waals surface area contributed by atoms with Crippen molar-refractivity contribution in [3.8, 4) is 0 Å². The third kappa shape index (κ3) is 2.85. The molecule has 1 heterocycles. The highest BCUT2D eigenvalue weighted by atomic mass is 19.1. The monoisotopic (exact) mass is 260 g/mol. The zero-order chi connectivity index (χ0) is 13.8. The number of nitrogens with two attached hydrogens (primary N) is 1. The molecule has 2 aromatic rings. The number of carbonyl (C=O) groups is 1. The fourth-order valence-corrected chi connectivity index (χ4v) is 1.68. The molecule has 0 aliphatic rings. The van der Waals surface area contributed by atoms with Crippen LogP contribution in [0.1, 0.15) is 17.4 Å². The Labute approximate surface area is 109 Å². The number of carbonyl (C=O) groups excluding carboxylic acids is 1. The van der Waals surface area contributed by atoms with E-state index in [1.165, 1.54) is 29.2 Å². The van der Waals surface area contributed by atoms with Crippen molar-refractivity contribution in [2.45, 2.75) is 6.92 Å². The van der Waals surface area contributed by atoms with Gasteiger partial charge in [0.2, 0.25) is 0 Å². The Morgan fingerprint density at radius 3 is 2.68 bits per heavy atom. The molecule has 0 atom stereocenters. The van der Waals surface area contributed by atoms with Gasteiger partial charge in [0.25, 0.3) is 5.91 Å². The molecule has 5 nitrogen and oxygen atoms in total. The second-order valence-electron chi connectivity index (χ2n) is 3.87. The molecule has 0 saturated carbocycles. The van der Waals surface area contributed by atoms with E-state index < -0.39 is 5.82 Å². The molecule has 0 unspecified atom stereocenters. The number of nitrogen functional groups attached to an aromatic ring is 1. The third-order valence-electron chi connectivity index (χ3n) is 2.59. The highest BCUT2D eigenvalue weighted by molar-refractivity contribution is 6.04. The lowest BCUT2D eigenvalue weighted by molar-refractivity contribution is 0.0982. The molecule has 98 valence electrons. The van der Waals surface area contributed by atoms with Crippen LogP contribution in [0.3, 0.4) is 0 Å². The number of hydrogen-bond acceptors (Lipinski definition) is 4. The summed E-state index contributed by atoms with van der Waals surface area (Å²) < 4.78 is 13.2. The summed E-state index contributed by atoms with van der Waals surface area (Å²) in [5.74, 6) is -0.502. The molecule has 0 spiro atoms. The van der Waals surface area contributed by atoms with Crippen LogP contribution in [0.5, 0.6) is 0 Å². The Bertz CT molecular complexity index is 585. The summed E-state index contributed by atoms with van der Waals surface area (Å²) in [5.41, 5.74) is 6.06. The van der Waals surface area contributed by atoms with Crippen LogP contribution in [-0.4, -0.2) is 22.6 Å². The zero-order valence-electron chi connectivity index (χ0n) is 10.4. The SMILES string of the molecule is CCN(C(=O)c1ccc(N)nn1)c1cccc(F)c1. The van der Waals surface area contributed by atoms with Gasteiger partial charge < -0.3 is 10.6 Å². The first-order chi connectivity index (χ1) is 9.11. The van der Waals surface area contributed by atoms with Crippen LogP contribution in [0, 0.1) is 5.82 Å². The minimum Gasteiger partial charge on any atom is -0.382 e. The van der Waals surface area contributed by atoms with E-state index in [0.717, 1.165) is 0 Å². The lowest BCUT2D eigenvalue weighted by Crippen LogP contribution is -2.31. The number of halogens is 1. The summed E-state index contributed by atoms with van der Waals surface area (Å²) in [6, 6.07) is 8.83. The van der Waals surface area contributed by atoms with Gasteiger partial charge in [-0.1, -0.05) is 6.07 Å². The maximum Gasteiger partial charge on any atom is 0.278 e. The number of aromatic nitrogens is 2. The molecule has 1 aromatic carbocycles. The van der Waals surface area contributed by atoms with Crippen molar-refractivity contribution >= 4 is 17.4 Å². The highest BCUT2D eigenvalue weighted by Gasteiger charge is 2.18. The van der Waals surface area contributed by atoms with E-state index in [0.29, 0.717) is 12.2 Å². The van der Waals surface area contributed by atoms with E-state index in [1.807, 2.05) is 0 Å². The molecule has 6 heteroatoms. The summed E-state index contributed by atoms with van der Waals surface area (Å²) >= 11 is 0. The summed E-state index contributed by atoms with van der Waals surface area (Å²) in [5, 5.41) is 7.37. The Hall–Kier alpha value is -2.50. The van der Waals surface area contributed by atoms with Gasteiger partial charge in [0.1, 0.15) is 11.6 Å². The van der Waals surface area contributed by atoms with Gasteiger partial charge in [0.05, 0.1) is 0 Å². The molecule has 0 saturated heterocycles. The van der Waals surface area contributed by atoms with Crippen LogP contribution in [0.15, 0.2) is 36.4 Å². The zero-order valence-corrected chi connectivity index (χ0v) is 10.4. The lowest BCUT2D eigenvalue weighted by atomic mass is 10.2. The largest absolute Gasteiger partial charge is 0.382 e. The number of anilines is 2. The highest BCUT2D eigenvalue weighted by Crippen LogP contribution is 2.17. The molecule has 2 rings (SSSR count). The summed E-state index contributed by atoms with van der Waals surface area (Å²) in [6.45, 7) is 2.20. The second kappa shape index (κ2) is 5.43. The number of hydrogen-bond donors (Lipinski definition) is 1. The third-order valence-corrected chi connectivity index (χ3v) is 2.59. The minimum atomic E-state index is -0.396. The number of benzene rings is 1. The molecule has 0 bridgehead atoms. The number of nitrogens with zero attached hydrogens (tertiary/aromatic N) is 3. The van der Waals surface area contributed by atoms with E-state index in [1.54, 1.807) is 19.1 Å². The molecule has 19 heavy (non-hydrogen) atoms. The fourth-order valence-electron chi connectivity index (χ4n) is 1.68. The van der Waals surface area contributed by atoms with Gasteiger partial charge in [-0.2, -0.15) is 0 Å². The van der Waals surface area contributed by atoms with Crippen molar-refractivity contribution < 1.29 is 9.18 Å². The standard InChI is InChI=1S/C13H13FN4O/c1-2-18(10-5-3-4-9(14)8-10)13(19)11-6-7-12(15)17-16-11/h3-8H,2H2,1H3,(H2,15,17). The molecule has 0 radical (unpaired) electrons. The van der Waals surface area contributed by atoms with Crippen LogP contribution in [0.4, 0.5) is 15.9 Å². The first kappa shape index (κ1) is 12.9. The number of amides is 1. The van der Waals surface area contributed by atoms with Crippen molar-refractivity contribution in [1.29, 1.82) is 0 Å². The quantitative estimate of drug-likeness (QED) is 0.914. The van der Waals surface area contributed by atoms with E-state index in [-0.39, 0.29) is 17.4 Å². The van der Waals surface area contributed by atoms with Crippen LogP contribution in [-0.2, 0) is 0 Å². The van der Waals surface area contributed by atoms with E-state index in [2.05, 4.69) is 10.2 Å². The van der Waals surface area contributed by atoms with Gasteiger partial charge in [-0.25, -0.2) is 4.39 Å². The average Bonchev–Trinajstić information content (AvgIpc) is 2.40. The smallest absolute Gasteiger partial charge is 0.278 e. The van der Waals surface area contributed by atoms with Gasteiger partial charge >= 0.3 is 0 Å².